The Kier molecular flexibility index (Phi) is 13.0. The average molecular weight is 277 g/mol. The summed E-state index contributed by atoms with van der Waals surface area (Å²) in [6.07, 6.45) is 14.3. The van der Waals surface area contributed by atoms with Crippen LogP contribution in [0.1, 0.15) is 78.1 Å². The van der Waals surface area contributed by atoms with Gasteiger partial charge in [-0.2, -0.15) is 0 Å². The molecule has 0 N–H and O–H groups in total. The molecule has 0 aromatic rings. The summed E-state index contributed by atoms with van der Waals surface area (Å²) in [5.41, 5.74) is 0. The van der Waals surface area contributed by atoms with Crippen molar-refractivity contribution in [1.29, 1.82) is 0 Å². The second-order valence-corrected chi connectivity index (χ2v) is 5.64. The molecule has 0 bridgehead atoms. The van der Waals surface area contributed by atoms with Crippen molar-refractivity contribution in [3.05, 3.63) is 0 Å². The second-order valence-electron chi connectivity index (χ2n) is 4.85. The van der Waals surface area contributed by atoms with Crippen LogP contribution in [0.3, 0.4) is 0 Å². The van der Waals surface area contributed by atoms with E-state index in [4.69, 9.17) is 0 Å². The molecule has 0 amide bonds. The molecule has 0 rings (SSSR count). The molecular weight excluding hydrogens is 248 g/mol. The highest BCUT2D eigenvalue weighted by molar-refractivity contribution is 9.09. The molecule has 0 saturated carbocycles. The largest absolute Gasteiger partial charge is 0.0928 e. The summed E-state index contributed by atoms with van der Waals surface area (Å²) in [6.45, 7) is 4.69. The maximum Gasteiger partial charge on any atom is 0.00314 e. The predicted octanol–water partition coefficient (Wildman–Crippen LogP) is 5.94. The van der Waals surface area contributed by atoms with E-state index in [1.807, 2.05) is 0 Å². The van der Waals surface area contributed by atoms with Gasteiger partial charge in [-0.1, -0.05) is 81.1 Å². The molecule has 0 aliphatic heterocycles. The normalized spacial score (nSPS) is 13.0. The van der Waals surface area contributed by atoms with E-state index >= 15 is 0 Å². The van der Waals surface area contributed by atoms with E-state index in [0.29, 0.717) is 0 Å². The SMILES string of the molecule is CCCCCCCCC[C@H](C)CCCBr. The van der Waals surface area contributed by atoms with Crippen molar-refractivity contribution in [3.8, 4) is 0 Å². The zero-order valence-corrected chi connectivity index (χ0v) is 12.3. The van der Waals surface area contributed by atoms with Gasteiger partial charge in [-0.15, -0.1) is 0 Å². The lowest BCUT2D eigenvalue weighted by atomic mass is 9.98. The summed E-state index contributed by atoms with van der Waals surface area (Å²) >= 11 is 3.49. The van der Waals surface area contributed by atoms with Gasteiger partial charge in [0, 0.05) is 5.33 Å². The number of unbranched alkanes of at least 4 members (excludes halogenated alkanes) is 6. The van der Waals surface area contributed by atoms with Crippen LogP contribution in [0, 0.1) is 5.92 Å². The first-order chi connectivity index (χ1) is 7.31. The maximum atomic E-state index is 3.49. The topological polar surface area (TPSA) is 0 Å². The number of rotatable bonds is 11. The fraction of sp³-hybridized carbons (Fsp3) is 1.00. The van der Waals surface area contributed by atoms with Crippen LogP contribution in [-0.2, 0) is 0 Å². The van der Waals surface area contributed by atoms with Gasteiger partial charge in [-0.25, -0.2) is 0 Å². The Bertz CT molecular complexity index is 112. The molecule has 0 spiro atoms. The summed E-state index contributed by atoms with van der Waals surface area (Å²) in [5.74, 6) is 0.943. The van der Waals surface area contributed by atoms with Crippen molar-refractivity contribution in [1.82, 2.24) is 0 Å². The van der Waals surface area contributed by atoms with Crippen molar-refractivity contribution in [3.63, 3.8) is 0 Å². The number of hydrogen-bond donors (Lipinski definition) is 0. The van der Waals surface area contributed by atoms with Crippen LogP contribution in [0.2, 0.25) is 0 Å². The Hall–Kier alpha value is 0.480. The average Bonchev–Trinajstić information content (AvgIpc) is 2.25. The third-order valence-electron chi connectivity index (χ3n) is 3.13. The van der Waals surface area contributed by atoms with Crippen LogP contribution in [-0.4, -0.2) is 5.33 Å². The van der Waals surface area contributed by atoms with E-state index in [1.54, 1.807) is 0 Å². The van der Waals surface area contributed by atoms with Gasteiger partial charge < -0.3 is 0 Å². The Morgan fingerprint density at radius 3 is 1.93 bits per heavy atom. The lowest BCUT2D eigenvalue weighted by molar-refractivity contribution is 0.452. The molecule has 0 aromatic carbocycles. The summed E-state index contributed by atoms with van der Waals surface area (Å²) < 4.78 is 0. The summed E-state index contributed by atoms with van der Waals surface area (Å²) in [6, 6.07) is 0. The zero-order chi connectivity index (χ0) is 11.4. The molecule has 0 saturated heterocycles. The molecule has 1 atom stereocenters. The van der Waals surface area contributed by atoms with Gasteiger partial charge in [0.15, 0.2) is 0 Å². The van der Waals surface area contributed by atoms with Crippen LogP contribution >= 0.6 is 15.9 Å². The molecule has 0 heterocycles. The molecule has 0 nitrogen and oxygen atoms in total. The highest BCUT2D eigenvalue weighted by Gasteiger charge is 2.00. The summed E-state index contributed by atoms with van der Waals surface area (Å²) in [7, 11) is 0. The highest BCUT2D eigenvalue weighted by Crippen LogP contribution is 2.16. The molecule has 15 heavy (non-hydrogen) atoms. The lowest BCUT2D eigenvalue weighted by Gasteiger charge is -2.09. The van der Waals surface area contributed by atoms with Gasteiger partial charge in [0.2, 0.25) is 0 Å². The number of alkyl halides is 1. The highest BCUT2D eigenvalue weighted by atomic mass is 79.9. The van der Waals surface area contributed by atoms with Crippen molar-refractivity contribution in [2.75, 3.05) is 5.33 Å². The molecule has 0 aliphatic carbocycles. The minimum atomic E-state index is 0.943. The molecule has 0 aromatic heterocycles. The summed E-state index contributed by atoms with van der Waals surface area (Å²) in [5, 5.41) is 1.17. The third-order valence-corrected chi connectivity index (χ3v) is 3.69. The molecule has 0 radical (unpaired) electrons. The van der Waals surface area contributed by atoms with E-state index in [0.717, 1.165) is 5.92 Å². The van der Waals surface area contributed by atoms with E-state index in [1.165, 1.54) is 69.5 Å². The Labute approximate surface area is 105 Å². The fourth-order valence-corrected chi connectivity index (χ4v) is 2.34. The molecule has 0 unspecified atom stereocenters. The first-order valence-electron chi connectivity index (χ1n) is 6.87. The van der Waals surface area contributed by atoms with Gasteiger partial charge in [0.1, 0.15) is 0 Å². The minimum absolute atomic E-state index is 0.943. The first-order valence-corrected chi connectivity index (χ1v) is 7.99. The standard InChI is InChI=1S/C14H29Br/c1-3-4-5-6-7-8-9-11-14(2)12-10-13-15/h14H,3-13H2,1-2H3/t14-/m0/s1. The monoisotopic (exact) mass is 276 g/mol. The number of halogens is 1. The lowest BCUT2D eigenvalue weighted by Crippen LogP contribution is -1.95. The van der Waals surface area contributed by atoms with Gasteiger partial charge in [0.05, 0.1) is 0 Å². The van der Waals surface area contributed by atoms with Crippen molar-refractivity contribution >= 4 is 15.9 Å². The van der Waals surface area contributed by atoms with Gasteiger partial charge in [0.25, 0.3) is 0 Å². The number of hydrogen-bond acceptors (Lipinski definition) is 0. The van der Waals surface area contributed by atoms with Crippen LogP contribution in [0.5, 0.6) is 0 Å². The molecule has 1 heteroatoms. The third kappa shape index (κ3) is 12.4. The predicted molar refractivity (Wildman–Crippen MR) is 74.8 cm³/mol. The Balaban J connectivity index is 3.02. The fourth-order valence-electron chi connectivity index (χ4n) is 2.02. The molecule has 0 fully saturated rings. The Morgan fingerprint density at radius 2 is 1.33 bits per heavy atom. The van der Waals surface area contributed by atoms with E-state index < -0.39 is 0 Å². The van der Waals surface area contributed by atoms with E-state index in [2.05, 4.69) is 29.8 Å². The zero-order valence-electron chi connectivity index (χ0n) is 10.7. The van der Waals surface area contributed by atoms with Crippen LogP contribution in [0.25, 0.3) is 0 Å². The molecular formula is C14H29Br. The Morgan fingerprint density at radius 1 is 0.800 bits per heavy atom. The first kappa shape index (κ1) is 15.5. The van der Waals surface area contributed by atoms with Crippen LogP contribution < -0.4 is 0 Å². The quantitative estimate of drug-likeness (QED) is 0.324. The molecule has 92 valence electrons. The summed E-state index contributed by atoms with van der Waals surface area (Å²) in [4.78, 5) is 0. The maximum absolute atomic E-state index is 3.49. The minimum Gasteiger partial charge on any atom is -0.0928 e. The second kappa shape index (κ2) is 12.5. The smallest absolute Gasteiger partial charge is 0.00314 e. The van der Waals surface area contributed by atoms with Crippen LogP contribution in [0.4, 0.5) is 0 Å². The van der Waals surface area contributed by atoms with Crippen molar-refractivity contribution in [2.24, 2.45) is 5.92 Å². The van der Waals surface area contributed by atoms with Crippen molar-refractivity contribution in [2.45, 2.75) is 78.1 Å². The van der Waals surface area contributed by atoms with Crippen molar-refractivity contribution < 1.29 is 0 Å². The van der Waals surface area contributed by atoms with Gasteiger partial charge >= 0.3 is 0 Å². The van der Waals surface area contributed by atoms with Crippen LogP contribution in [0.15, 0.2) is 0 Å². The van der Waals surface area contributed by atoms with E-state index in [9.17, 15) is 0 Å². The van der Waals surface area contributed by atoms with Gasteiger partial charge in [-0.3, -0.25) is 0 Å². The molecule has 0 aliphatic rings. The van der Waals surface area contributed by atoms with E-state index in [-0.39, 0.29) is 0 Å². The van der Waals surface area contributed by atoms with Gasteiger partial charge in [-0.05, 0) is 18.8 Å².